The number of benzene rings is 2. The molecule has 4 heteroatoms. The van der Waals surface area contributed by atoms with Crippen LogP contribution in [0.1, 0.15) is 11.1 Å². The lowest BCUT2D eigenvalue weighted by molar-refractivity contribution is 0.602. The van der Waals surface area contributed by atoms with Gasteiger partial charge >= 0.3 is 0 Å². The molecule has 2 aromatic carbocycles. The molecule has 0 saturated carbocycles. The van der Waals surface area contributed by atoms with Crippen molar-refractivity contribution in [3.05, 3.63) is 59.7 Å². The molecule has 110 valence electrons. The molecule has 0 fully saturated rings. The molecule has 0 aliphatic heterocycles. The highest BCUT2D eigenvalue weighted by Gasteiger charge is 2.04. The number of nitrogens with zero attached hydrogens (tertiary/aromatic N) is 1. The second-order valence-corrected chi connectivity index (χ2v) is 7.18. The van der Waals surface area contributed by atoms with Gasteiger partial charge in [-0.05, 0) is 35.4 Å². The summed E-state index contributed by atoms with van der Waals surface area (Å²) in [6.07, 6.45) is 5.19. The molecule has 0 bridgehead atoms. The Bertz CT molecular complexity index is 727. The Labute approximate surface area is 126 Å². The molecular weight excluding hydrogens is 282 g/mol. The maximum atomic E-state index is 11.4. The molecule has 0 atom stereocenters. The van der Waals surface area contributed by atoms with Crippen LogP contribution >= 0.6 is 0 Å². The van der Waals surface area contributed by atoms with Crippen molar-refractivity contribution in [3.63, 3.8) is 0 Å². The molecule has 0 radical (unpaired) electrons. The van der Waals surface area contributed by atoms with Crippen molar-refractivity contribution in [2.75, 3.05) is 25.3 Å². The van der Waals surface area contributed by atoms with E-state index in [1.54, 1.807) is 24.3 Å². The van der Waals surface area contributed by atoms with Gasteiger partial charge in [0.1, 0.15) is 0 Å². The average Bonchev–Trinajstić information content (AvgIpc) is 2.45. The maximum absolute atomic E-state index is 11.4. The number of anilines is 1. The van der Waals surface area contributed by atoms with Gasteiger partial charge in [-0.25, -0.2) is 8.42 Å². The Morgan fingerprint density at radius 2 is 1.24 bits per heavy atom. The van der Waals surface area contributed by atoms with Crippen LogP contribution < -0.4 is 4.90 Å². The van der Waals surface area contributed by atoms with Crippen LogP contribution in [0.4, 0.5) is 5.69 Å². The van der Waals surface area contributed by atoms with E-state index >= 15 is 0 Å². The molecule has 0 spiro atoms. The quantitative estimate of drug-likeness (QED) is 0.813. The minimum absolute atomic E-state index is 0.343. The molecule has 2 aromatic rings. The second-order valence-electron chi connectivity index (χ2n) is 5.16. The minimum Gasteiger partial charge on any atom is -0.378 e. The van der Waals surface area contributed by atoms with Crippen molar-refractivity contribution in [3.8, 4) is 0 Å². The summed E-state index contributed by atoms with van der Waals surface area (Å²) in [5, 5.41) is 0. The van der Waals surface area contributed by atoms with E-state index in [1.165, 1.54) is 6.26 Å². The third kappa shape index (κ3) is 4.20. The van der Waals surface area contributed by atoms with E-state index in [-0.39, 0.29) is 0 Å². The zero-order chi connectivity index (χ0) is 15.5. The summed E-state index contributed by atoms with van der Waals surface area (Å²) in [6, 6.07) is 15.1. The summed E-state index contributed by atoms with van der Waals surface area (Å²) in [4.78, 5) is 2.40. The van der Waals surface area contributed by atoms with Crippen LogP contribution in [-0.4, -0.2) is 28.8 Å². The van der Waals surface area contributed by atoms with Gasteiger partial charge in [-0.3, -0.25) is 0 Å². The first-order valence-corrected chi connectivity index (χ1v) is 8.51. The molecule has 0 heterocycles. The number of hydrogen-bond acceptors (Lipinski definition) is 3. The van der Waals surface area contributed by atoms with E-state index in [0.717, 1.165) is 16.8 Å². The van der Waals surface area contributed by atoms with Crippen molar-refractivity contribution < 1.29 is 8.42 Å². The highest BCUT2D eigenvalue weighted by atomic mass is 32.2. The summed E-state index contributed by atoms with van der Waals surface area (Å²) in [7, 11) is 0.888. The van der Waals surface area contributed by atoms with Gasteiger partial charge in [-0.2, -0.15) is 0 Å². The van der Waals surface area contributed by atoms with Gasteiger partial charge in [0, 0.05) is 26.0 Å². The Balaban J connectivity index is 2.14. The Kier molecular flexibility index (Phi) is 4.48. The minimum atomic E-state index is -3.13. The highest BCUT2D eigenvalue weighted by molar-refractivity contribution is 7.90. The maximum Gasteiger partial charge on any atom is 0.175 e. The average molecular weight is 301 g/mol. The van der Waals surface area contributed by atoms with E-state index in [4.69, 9.17) is 0 Å². The van der Waals surface area contributed by atoms with Crippen LogP contribution in [0.5, 0.6) is 0 Å². The molecule has 0 aromatic heterocycles. The number of sulfone groups is 1. The smallest absolute Gasteiger partial charge is 0.175 e. The first-order chi connectivity index (χ1) is 9.86. The monoisotopic (exact) mass is 301 g/mol. The Morgan fingerprint density at radius 3 is 1.62 bits per heavy atom. The summed E-state index contributed by atoms with van der Waals surface area (Å²) in [6.45, 7) is 0. The molecule has 3 nitrogen and oxygen atoms in total. The molecule has 0 saturated heterocycles. The molecule has 2 rings (SSSR count). The summed E-state index contributed by atoms with van der Waals surface area (Å²) >= 11 is 0. The first kappa shape index (κ1) is 15.3. The molecule has 0 unspecified atom stereocenters. The topological polar surface area (TPSA) is 37.4 Å². The second kappa shape index (κ2) is 6.14. The van der Waals surface area contributed by atoms with E-state index < -0.39 is 9.84 Å². The van der Waals surface area contributed by atoms with Gasteiger partial charge in [-0.15, -0.1) is 0 Å². The van der Waals surface area contributed by atoms with Crippen molar-refractivity contribution in [2.24, 2.45) is 0 Å². The fourth-order valence-electron chi connectivity index (χ4n) is 1.90. The van der Waals surface area contributed by atoms with Gasteiger partial charge in [0.25, 0.3) is 0 Å². The first-order valence-electron chi connectivity index (χ1n) is 6.62. The largest absolute Gasteiger partial charge is 0.378 e. The lowest BCUT2D eigenvalue weighted by Gasteiger charge is -2.11. The van der Waals surface area contributed by atoms with Crippen molar-refractivity contribution >= 4 is 27.7 Å². The van der Waals surface area contributed by atoms with Crippen LogP contribution in [0, 0.1) is 0 Å². The van der Waals surface area contributed by atoms with Crippen LogP contribution in [0.15, 0.2) is 53.4 Å². The van der Waals surface area contributed by atoms with Gasteiger partial charge in [0.05, 0.1) is 4.90 Å². The van der Waals surface area contributed by atoms with Crippen LogP contribution in [-0.2, 0) is 9.84 Å². The predicted molar refractivity (Wildman–Crippen MR) is 89.2 cm³/mol. The van der Waals surface area contributed by atoms with Crippen molar-refractivity contribution in [1.82, 2.24) is 0 Å². The highest BCUT2D eigenvalue weighted by Crippen LogP contribution is 2.16. The normalized spacial score (nSPS) is 11.8. The molecule has 0 amide bonds. The number of rotatable bonds is 4. The molecule has 0 N–H and O–H groups in total. The fraction of sp³-hybridized carbons (Fsp3) is 0.176. The molecule has 21 heavy (non-hydrogen) atoms. The van der Waals surface area contributed by atoms with Gasteiger partial charge in [0.2, 0.25) is 0 Å². The number of hydrogen-bond donors (Lipinski definition) is 0. The lowest BCUT2D eigenvalue weighted by atomic mass is 10.1. The Morgan fingerprint density at radius 1 is 0.810 bits per heavy atom. The van der Waals surface area contributed by atoms with Crippen LogP contribution in [0.25, 0.3) is 12.2 Å². The molecule has 0 aliphatic rings. The van der Waals surface area contributed by atoms with E-state index in [0.29, 0.717) is 4.90 Å². The zero-order valence-electron chi connectivity index (χ0n) is 12.4. The summed E-state index contributed by atoms with van der Waals surface area (Å²) < 4.78 is 22.8. The van der Waals surface area contributed by atoms with E-state index in [1.807, 2.05) is 26.2 Å². The van der Waals surface area contributed by atoms with Gasteiger partial charge in [0.15, 0.2) is 9.84 Å². The summed E-state index contributed by atoms with van der Waals surface area (Å²) in [5.41, 5.74) is 3.23. The third-order valence-electron chi connectivity index (χ3n) is 3.19. The lowest BCUT2D eigenvalue weighted by Crippen LogP contribution is -2.07. The van der Waals surface area contributed by atoms with Gasteiger partial charge < -0.3 is 4.90 Å². The standard InChI is InChI=1S/C17H19NO2S/c1-18(2)16-10-6-14(7-11-16)4-5-15-8-12-17(13-9-15)21(3,19)20/h4-13H,1-3H3/b5-4+. The zero-order valence-corrected chi connectivity index (χ0v) is 13.3. The van der Waals surface area contributed by atoms with Crippen LogP contribution in [0.3, 0.4) is 0 Å². The fourth-order valence-corrected chi connectivity index (χ4v) is 2.53. The van der Waals surface area contributed by atoms with Crippen LogP contribution in [0.2, 0.25) is 0 Å². The van der Waals surface area contributed by atoms with Crippen molar-refractivity contribution in [1.29, 1.82) is 0 Å². The van der Waals surface area contributed by atoms with E-state index in [2.05, 4.69) is 29.2 Å². The van der Waals surface area contributed by atoms with E-state index in [9.17, 15) is 8.42 Å². The van der Waals surface area contributed by atoms with Gasteiger partial charge in [-0.1, -0.05) is 36.4 Å². The SMILES string of the molecule is CN(C)c1ccc(/C=C/c2ccc(S(C)(=O)=O)cc2)cc1. The molecular formula is C17H19NO2S. The predicted octanol–water partition coefficient (Wildman–Crippen LogP) is 3.33. The summed E-state index contributed by atoms with van der Waals surface area (Å²) in [5.74, 6) is 0. The van der Waals surface area contributed by atoms with Crippen molar-refractivity contribution in [2.45, 2.75) is 4.90 Å². The Hall–Kier alpha value is -2.07. The molecule has 0 aliphatic carbocycles. The third-order valence-corrected chi connectivity index (χ3v) is 4.31.